The van der Waals surface area contributed by atoms with Crippen molar-refractivity contribution in [3.05, 3.63) is 0 Å². The molecule has 3 nitrogen and oxygen atoms in total. The minimum absolute atomic E-state index is 0.0884. The number of hydrogen-bond donors (Lipinski definition) is 0. The van der Waals surface area contributed by atoms with Gasteiger partial charge in [-0.3, -0.25) is 9.69 Å². The summed E-state index contributed by atoms with van der Waals surface area (Å²) in [7, 11) is 0. The number of nitrogens with zero attached hydrogens (tertiary/aromatic N) is 1. The summed E-state index contributed by atoms with van der Waals surface area (Å²) in [6.45, 7) is 9.18. The van der Waals surface area contributed by atoms with Crippen molar-refractivity contribution in [1.29, 1.82) is 0 Å². The monoisotopic (exact) mass is 243 g/mol. The molecular formula is C14H29NO2. The van der Waals surface area contributed by atoms with E-state index in [1.54, 1.807) is 0 Å². The summed E-state index contributed by atoms with van der Waals surface area (Å²) < 4.78 is 4.98. The molecule has 102 valence electrons. The van der Waals surface area contributed by atoms with Gasteiger partial charge in [-0.05, 0) is 32.9 Å². The summed E-state index contributed by atoms with van der Waals surface area (Å²) in [6, 6.07) is 0. The molecule has 0 spiro atoms. The molecule has 0 fully saturated rings. The summed E-state index contributed by atoms with van der Waals surface area (Å²) >= 11 is 0. The van der Waals surface area contributed by atoms with E-state index in [1.807, 2.05) is 6.92 Å². The van der Waals surface area contributed by atoms with Gasteiger partial charge < -0.3 is 4.74 Å². The van der Waals surface area contributed by atoms with E-state index < -0.39 is 0 Å². The third-order valence-corrected chi connectivity index (χ3v) is 2.78. The van der Waals surface area contributed by atoms with Crippen LogP contribution in [0.25, 0.3) is 0 Å². The molecule has 0 atom stereocenters. The van der Waals surface area contributed by atoms with Crippen LogP contribution >= 0.6 is 0 Å². The molecule has 0 aromatic rings. The highest BCUT2D eigenvalue weighted by molar-refractivity contribution is 5.71. The molecule has 17 heavy (non-hydrogen) atoms. The van der Waals surface area contributed by atoms with Crippen LogP contribution in [0.1, 0.15) is 59.3 Å². The molecule has 0 aliphatic carbocycles. The van der Waals surface area contributed by atoms with Crippen LogP contribution in [0, 0.1) is 0 Å². The van der Waals surface area contributed by atoms with E-state index in [0.29, 0.717) is 13.2 Å². The molecular weight excluding hydrogens is 214 g/mol. The molecule has 0 aromatic carbocycles. The smallest absolute Gasteiger partial charge is 0.320 e. The Morgan fingerprint density at radius 2 is 1.65 bits per heavy atom. The molecule has 0 aliphatic heterocycles. The van der Waals surface area contributed by atoms with Crippen LogP contribution in [0.2, 0.25) is 0 Å². The van der Waals surface area contributed by atoms with E-state index in [1.165, 1.54) is 32.1 Å². The highest BCUT2D eigenvalue weighted by atomic mass is 16.5. The van der Waals surface area contributed by atoms with Gasteiger partial charge in [0.1, 0.15) is 0 Å². The Bertz CT molecular complexity index is 183. The van der Waals surface area contributed by atoms with E-state index in [-0.39, 0.29) is 5.97 Å². The molecule has 0 N–H and O–H groups in total. The Morgan fingerprint density at radius 3 is 2.24 bits per heavy atom. The van der Waals surface area contributed by atoms with Crippen molar-refractivity contribution < 1.29 is 9.53 Å². The van der Waals surface area contributed by atoms with E-state index >= 15 is 0 Å². The second kappa shape index (κ2) is 11.9. The zero-order valence-corrected chi connectivity index (χ0v) is 11.8. The van der Waals surface area contributed by atoms with Crippen LogP contribution in [0.15, 0.2) is 0 Å². The van der Waals surface area contributed by atoms with Crippen molar-refractivity contribution in [2.24, 2.45) is 0 Å². The van der Waals surface area contributed by atoms with E-state index in [9.17, 15) is 4.79 Å². The molecule has 0 amide bonds. The second-order valence-electron chi connectivity index (χ2n) is 4.50. The van der Waals surface area contributed by atoms with Crippen molar-refractivity contribution in [3.8, 4) is 0 Å². The number of esters is 1. The SMILES string of the molecule is CCCCCCCN(CCC)CC(=O)OCC. The number of carbonyl (C=O) groups is 1. The van der Waals surface area contributed by atoms with Gasteiger partial charge in [-0.15, -0.1) is 0 Å². The lowest BCUT2D eigenvalue weighted by atomic mass is 10.1. The Balaban J connectivity index is 3.69. The van der Waals surface area contributed by atoms with Crippen LogP contribution in [0.3, 0.4) is 0 Å². The first-order chi connectivity index (χ1) is 8.24. The third-order valence-electron chi connectivity index (χ3n) is 2.78. The Morgan fingerprint density at radius 1 is 0.941 bits per heavy atom. The van der Waals surface area contributed by atoms with Crippen LogP contribution in [0.5, 0.6) is 0 Å². The summed E-state index contributed by atoms with van der Waals surface area (Å²) in [4.78, 5) is 13.6. The van der Waals surface area contributed by atoms with Crippen LogP contribution in [0.4, 0.5) is 0 Å². The third kappa shape index (κ3) is 10.3. The summed E-state index contributed by atoms with van der Waals surface area (Å²) in [5.41, 5.74) is 0. The molecule has 0 aliphatic rings. The first-order valence-electron chi connectivity index (χ1n) is 7.12. The minimum Gasteiger partial charge on any atom is -0.465 e. The average molecular weight is 243 g/mol. The normalized spacial score (nSPS) is 10.8. The first-order valence-corrected chi connectivity index (χ1v) is 7.12. The number of ether oxygens (including phenoxy) is 1. The number of carbonyl (C=O) groups excluding carboxylic acids is 1. The largest absolute Gasteiger partial charge is 0.465 e. The molecule has 0 radical (unpaired) electrons. The molecule has 0 unspecified atom stereocenters. The molecule has 3 heteroatoms. The fourth-order valence-electron chi connectivity index (χ4n) is 1.91. The Kier molecular flexibility index (Phi) is 11.5. The van der Waals surface area contributed by atoms with Gasteiger partial charge in [0.2, 0.25) is 0 Å². The number of rotatable bonds is 11. The maximum Gasteiger partial charge on any atom is 0.320 e. The number of hydrogen-bond acceptors (Lipinski definition) is 3. The van der Waals surface area contributed by atoms with Gasteiger partial charge in [-0.25, -0.2) is 0 Å². The predicted octanol–water partition coefficient (Wildman–Crippen LogP) is 3.23. The lowest BCUT2D eigenvalue weighted by Crippen LogP contribution is -2.32. The lowest BCUT2D eigenvalue weighted by molar-refractivity contribution is -0.144. The topological polar surface area (TPSA) is 29.5 Å². The summed E-state index contributed by atoms with van der Waals surface area (Å²) in [5.74, 6) is -0.0884. The molecule has 0 aromatic heterocycles. The van der Waals surface area contributed by atoms with Gasteiger partial charge in [0.15, 0.2) is 0 Å². The second-order valence-corrected chi connectivity index (χ2v) is 4.50. The summed E-state index contributed by atoms with van der Waals surface area (Å²) in [6.07, 6.45) is 7.48. The Hall–Kier alpha value is -0.570. The van der Waals surface area contributed by atoms with Gasteiger partial charge in [0.05, 0.1) is 13.2 Å². The van der Waals surface area contributed by atoms with E-state index in [0.717, 1.165) is 19.5 Å². The van der Waals surface area contributed by atoms with Crippen LogP contribution < -0.4 is 0 Å². The van der Waals surface area contributed by atoms with Crippen LogP contribution in [-0.2, 0) is 9.53 Å². The van der Waals surface area contributed by atoms with Gasteiger partial charge in [0.25, 0.3) is 0 Å². The van der Waals surface area contributed by atoms with Crippen molar-refractivity contribution in [2.45, 2.75) is 59.3 Å². The highest BCUT2D eigenvalue weighted by Gasteiger charge is 2.09. The van der Waals surface area contributed by atoms with Gasteiger partial charge in [-0.1, -0.05) is 39.5 Å². The first kappa shape index (κ1) is 16.4. The van der Waals surface area contributed by atoms with Crippen molar-refractivity contribution >= 4 is 5.97 Å². The van der Waals surface area contributed by atoms with Gasteiger partial charge in [0, 0.05) is 0 Å². The van der Waals surface area contributed by atoms with E-state index in [2.05, 4.69) is 18.7 Å². The maximum atomic E-state index is 11.4. The van der Waals surface area contributed by atoms with Gasteiger partial charge >= 0.3 is 5.97 Å². The zero-order valence-electron chi connectivity index (χ0n) is 11.8. The molecule has 0 bridgehead atoms. The van der Waals surface area contributed by atoms with Crippen molar-refractivity contribution in [1.82, 2.24) is 4.90 Å². The fourth-order valence-corrected chi connectivity index (χ4v) is 1.91. The zero-order chi connectivity index (χ0) is 12.9. The van der Waals surface area contributed by atoms with E-state index in [4.69, 9.17) is 4.74 Å². The maximum absolute atomic E-state index is 11.4. The van der Waals surface area contributed by atoms with Crippen LogP contribution in [-0.4, -0.2) is 37.1 Å². The molecule has 0 heterocycles. The lowest BCUT2D eigenvalue weighted by Gasteiger charge is -2.20. The summed E-state index contributed by atoms with van der Waals surface area (Å²) in [5, 5.41) is 0. The van der Waals surface area contributed by atoms with Crippen molar-refractivity contribution in [3.63, 3.8) is 0 Å². The number of unbranched alkanes of at least 4 members (excludes halogenated alkanes) is 4. The fraction of sp³-hybridized carbons (Fsp3) is 0.929. The molecule has 0 saturated carbocycles. The predicted molar refractivity (Wildman–Crippen MR) is 72.1 cm³/mol. The average Bonchev–Trinajstić information content (AvgIpc) is 2.29. The van der Waals surface area contributed by atoms with Crippen molar-refractivity contribution in [2.75, 3.05) is 26.2 Å². The standard InChI is InChI=1S/C14H29NO2/c1-4-7-8-9-10-12-15(11-5-2)13-14(16)17-6-3/h4-13H2,1-3H3. The molecule has 0 rings (SSSR count). The minimum atomic E-state index is -0.0884. The molecule has 0 saturated heterocycles. The van der Waals surface area contributed by atoms with Gasteiger partial charge in [-0.2, -0.15) is 0 Å². The highest BCUT2D eigenvalue weighted by Crippen LogP contribution is 2.04. The Labute approximate surface area is 107 Å². The quantitative estimate of drug-likeness (QED) is 0.412.